The van der Waals surface area contributed by atoms with Crippen LogP contribution < -0.4 is 0 Å². The van der Waals surface area contributed by atoms with Crippen LogP contribution in [-0.2, 0) is 11.2 Å². The van der Waals surface area contributed by atoms with Crippen molar-refractivity contribution in [3.05, 3.63) is 35.9 Å². The van der Waals surface area contributed by atoms with Gasteiger partial charge in [0.1, 0.15) is 6.04 Å². The highest BCUT2D eigenvalue weighted by molar-refractivity contribution is 5.74. The van der Waals surface area contributed by atoms with E-state index in [1.165, 1.54) is 0 Å². The van der Waals surface area contributed by atoms with Gasteiger partial charge in [-0.1, -0.05) is 30.3 Å². The molecule has 0 bridgehead atoms. The van der Waals surface area contributed by atoms with Gasteiger partial charge in [0.2, 0.25) is 0 Å². The summed E-state index contributed by atoms with van der Waals surface area (Å²) in [5.74, 6) is -0.703. The molecule has 0 saturated carbocycles. The molecule has 1 fully saturated rings. The molecule has 0 amide bonds. The highest BCUT2D eigenvalue weighted by atomic mass is 16.4. The second-order valence-corrected chi connectivity index (χ2v) is 4.29. The van der Waals surface area contributed by atoms with Gasteiger partial charge in [-0.05, 0) is 37.9 Å². The summed E-state index contributed by atoms with van der Waals surface area (Å²) < 4.78 is 0. The number of nitrogens with zero attached hydrogens (tertiary/aromatic N) is 1. The highest BCUT2D eigenvalue weighted by Gasteiger charge is 2.27. The summed E-state index contributed by atoms with van der Waals surface area (Å²) in [5.41, 5.74) is 1.10. The fourth-order valence-electron chi connectivity index (χ4n) is 2.26. The fourth-order valence-corrected chi connectivity index (χ4v) is 2.26. The first kappa shape index (κ1) is 11.1. The number of carbonyl (C=O) groups is 1. The van der Waals surface area contributed by atoms with Gasteiger partial charge in [-0.25, -0.2) is 0 Å². The molecule has 1 aromatic carbocycles. The molecule has 1 heterocycles. The van der Waals surface area contributed by atoms with Gasteiger partial charge in [-0.3, -0.25) is 9.69 Å². The fraction of sp³-hybridized carbons (Fsp3) is 0.462. The molecule has 3 heteroatoms. The Morgan fingerprint density at radius 2 is 1.88 bits per heavy atom. The van der Waals surface area contributed by atoms with E-state index in [4.69, 9.17) is 0 Å². The first-order valence-corrected chi connectivity index (χ1v) is 5.78. The van der Waals surface area contributed by atoms with E-state index in [0.29, 0.717) is 6.42 Å². The minimum atomic E-state index is -0.703. The summed E-state index contributed by atoms with van der Waals surface area (Å²) in [6.45, 7) is 1.84. The molecule has 1 saturated heterocycles. The van der Waals surface area contributed by atoms with Crippen LogP contribution in [0.3, 0.4) is 0 Å². The van der Waals surface area contributed by atoms with Gasteiger partial charge in [0.05, 0.1) is 0 Å². The molecule has 0 radical (unpaired) electrons. The lowest BCUT2D eigenvalue weighted by Gasteiger charge is -2.23. The first-order chi connectivity index (χ1) is 7.77. The van der Waals surface area contributed by atoms with E-state index in [-0.39, 0.29) is 6.04 Å². The molecule has 1 atom stereocenters. The molecule has 86 valence electrons. The zero-order chi connectivity index (χ0) is 11.4. The number of carboxylic acids is 1. The van der Waals surface area contributed by atoms with E-state index in [1.807, 2.05) is 30.3 Å². The summed E-state index contributed by atoms with van der Waals surface area (Å²) in [6.07, 6.45) is 2.85. The van der Waals surface area contributed by atoms with Crippen molar-refractivity contribution in [2.24, 2.45) is 0 Å². The topological polar surface area (TPSA) is 40.5 Å². The number of likely N-dealkylation sites (tertiary alicyclic amines) is 1. The van der Waals surface area contributed by atoms with Gasteiger partial charge in [0.15, 0.2) is 0 Å². The van der Waals surface area contributed by atoms with Crippen molar-refractivity contribution in [2.75, 3.05) is 13.1 Å². The zero-order valence-electron chi connectivity index (χ0n) is 9.30. The Bertz CT molecular complexity index is 344. The Morgan fingerprint density at radius 3 is 2.44 bits per heavy atom. The third-order valence-electron chi connectivity index (χ3n) is 3.14. The molecular formula is C13H17NO2. The van der Waals surface area contributed by atoms with Gasteiger partial charge in [0.25, 0.3) is 0 Å². The Hall–Kier alpha value is -1.35. The van der Waals surface area contributed by atoms with Crippen molar-refractivity contribution in [3.8, 4) is 0 Å². The minimum absolute atomic E-state index is 0.357. The van der Waals surface area contributed by atoms with E-state index < -0.39 is 5.97 Å². The Labute approximate surface area is 95.7 Å². The van der Waals surface area contributed by atoms with E-state index in [0.717, 1.165) is 31.5 Å². The van der Waals surface area contributed by atoms with Crippen molar-refractivity contribution in [1.82, 2.24) is 4.90 Å². The molecule has 3 nitrogen and oxygen atoms in total. The molecule has 0 unspecified atom stereocenters. The Morgan fingerprint density at radius 1 is 1.25 bits per heavy atom. The number of rotatable bonds is 4. The van der Waals surface area contributed by atoms with E-state index >= 15 is 0 Å². The Balaban J connectivity index is 2.05. The monoisotopic (exact) mass is 219 g/mol. The molecule has 0 aliphatic carbocycles. The van der Waals surface area contributed by atoms with Crippen LogP contribution in [0.4, 0.5) is 0 Å². The predicted octanol–water partition coefficient (Wildman–Crippen LogP) is 1.78. The molecule has 1 aromatic rings. The number of aliphatic carboxylic acids is 1. The van der Waals surface area contributed by atoms with Gasteiger partial charge >= 0.3 is 5.97 Å². The SMILES string of the molecule is O=C(O)[C@@H](Cc1ccccc1)N1CCCC1. The summed E-state index contributed by atoms with van der Waals surface area (Å²) in [4.78, 5) is 13.3. The molecule has 1 aliphatic rings. The van der Waals surface area contributed by atoms with Crippen LogP contribution in [-0.4, -0.2) is 35.1 Å². The lowest BCUT2D eigenvalue weighted by Crippen LogP contribution is -2.40. The third-order valence-corrected chi connectivity index (χ3v) is 3.14. The van der Waals surface area contributed by atoms with Crippen molar-refractivity contribution in [1.29, 1.82) is 0 Å². The second kappa shape index (κ2) is 5.12. The maximum atomic E-state index is 11.2. The standard InChI is InChI=1S/C13H17NO2/c15-13(16)12(14-8-4-5-9-14)10-11-6-2-1-3-7-11/h1-3,6-7,12H,4-5,8-10H2,(H,15,16)/t12-/m1/s1. The number of hydrogen-bond donors (Lipinski definition) is 1. The smallest absolute Gasteiger partial charge is 0.321 e. The second-order valence-electron chi connectivity index (χ2n) is 4.29. The van der Waals surface area contributed by atoms with E-state index in [1.54, 1.807) is 0 Å². The summed E-state index contributed by atoms with van der Waals surface area (Å²) in [6, 6.07) is 9.49. The van der Waals surface area contributed by atoms with Gasteiger partial charge < -0.3 is 5.11 Å². The van der Waals surface area contributed by atoms with Gasteiger partial charge in [0, 0.05) is 0 Å². The molecular weight excluding hydrogens is 202 g/mol. The average molecular weight is 219 g/mol. The molecule has 2 rings (SSSR count). The van der Waals surface area contributed by atoms with Crippen LogP contribution in [0.15, 0.2) is 30.3 Å². The van der Waals surface area contributed by atoms with E-state index in [9.17, 15) is 9.90 Å². The largest absolute Gasteiger partial charge is 0.480 e. The number of hydrogen-bond acceptors (Lipinski definition) is 2. The summed E-state index contributed by atoms with van der Waals surface area (Å²) >= 11 is 0. The zero-order valence-corrected chi connectivity index (χ0v) is 9.30. The summed E-state index contributed by atoms with van der Waals surface area (Å²) in [7, 11) is 0. The van der Waals surface area contributed by atoms with Crippen LogP contribution in [0.5, 0.6) is 0 Å². The highest BCUT2D eigenvalue weighted by Crippen LogP contribution is 2.15. The maximum absolute atomic E-state index is 11.2. The van der Waals surface area contributed by atoms with Crippen molar-refractivity contribution >= 4 is 5.97 Å². The van der Waals surface area contributed by atoms with Crippen molar-refractivity contribution in [3.63, 3.8) is 0 Å². The predicted molar refractivity (Wildman–Crippen MR) is 62.4 cm³/mol. The van der Waals surface area contributed by atoms with Crippen LogP contribution >= 0.6 is 0 Å². The van der Waals surface area contributed by atoms with Gasteiger partial charge in [-0.2, -0.15) is 0 Å². The summed E-state index contributed by atoms with van der Waals surface area (Å²) in [5, 5.41) is 9.25. The normalized spacial score (nSPS) is 18.5. The quantitative estimate of drug-likeness (QED) is 0.839. The minimum Gasteiger partial charge on any atom is -0.480 e. The lowest BCUT2D eigenvalue weighted by atomic mass is 10.1. The Kier molecular flexibility index (Phi) is 3.57. The third kappa shape index (κ3) is 2.61. The van der Waals surface area contributed by atoms with Crippen molar-refractivity contribution < 1.29 is 9.90 Å². The molecule has 0 spiro atoms. The average Bonchev–Trinajstić information content (AvgIpc) is 2.80. The van der Waals surface area contributed by atoms with Crippen molar-refractivity contribution in [2.45, 2.75) is 25.3 Å². The molecule has 16 heavy (non-hydrogen) atoms. The van der Waals surface area contributed by atoms with Crippen LogP contribution in [0.25, 0.3) is 0 Å². The number of benzene rings is 1. The van der Waals surface area contributed by atoms with Gasteiger partial charge in [-0.15, -0.1) is 0 Å². The molecule has 0 aromatic heterocycles. The van der Waals surface area contributed by atoms with Crippen LogP contribution in [0, 0.1) is 0 Å². The van der Waals surface area contributed by atoms with Crippen LogP contribution in [0.1, 0.15) is 18.4 Å². The molecule has 1 N–H and O–H groups in total. The lowest BCUT2D eigenvalue weighted by molar-refractivity contribution is -0.142. The molecule has 1 aliphatic heterocycles. The first-order valence-electron chi connectivity index (χ1n) is 5.78. The van der Waals surface area contributed by atoms with Crippen LogP contribution in [0.2, 0.25) is 0 Å². The maximum Gasteiger partial charge on any atom is 0.321 e. The van der Waals surface area contributed by atoms with E-state index in [2.05, 4.69) is 4.90 Å². The number of carboxylic acid groups (broad SMARTS) is 1.